The van der Waals surface area contributed by atoms with Gasteiger partial charge in [-0.2, -0.15) is 0 Å². The van der Waals surface area contributed by atoms with Crippen LogP contribution in [0.4, 0.5) is 10.1 Å². The third-order valence-electron chi connectivity index (χ3n) is 2.87. The van der Waals surface area contributed by atoms with E-state index in [1.54, 1.807) is 6.07 Å². The van der Waals surface area contributed by atoms with Gasteiger partial charge in [0, 0.05) is 8.95 Å². The zero-order valence-corrected chi connectivity index (χ0v) is 15.8. The van der Waals surface area contributed by atoms with Crippen molar-refractivity contribution in [3.05, 3.63) is 62.3 Å². The molecule has 124 valence electrons. The summed E-state index contributed by atoms with van der Waals surface area (Å²) in [5.74, 6) is -2.60. The number of hydrogen-bond acceptors (Lipinski definition) is 3. The van der Waals surface area contributed by atoms with E-state index in [2.05, 4.69) is 42.5 Å². The van der Waals surface area contributed by atoms with E-state index in [-0.39, 0.29) is 21.9 Å². The van der Waals surface area contributed by atoms with Gasteiger partial charge in [-0.15, -0.1) is 0 Å². The van der Waals surface area contributed by atoms with Gasteiger partial charge in [-0.05, 0) is 52.4 Å². The molecular weight excluding hydrogens is 467 g/mol. The predicted molar refractivity (Wildman–Crippen MR) is 98.9 cm³/mol. The van der Waals surface area contributed by atoms with Gasteiger partial charge in [-0.1, -0.05) is 28.1 Å². The number of aromatic carboxylic acids is 1. The van der Waals surface area contributed by atoms with Crippen LogP contribution >= 0.6 is 44.1 Å². The lowest BCUT2D eigenvalue weighted by molar-refractivity contribution is 0.0697. The molecule has 0 saturated heterocycles. The minimum absolute atomic E-state index is 0.0567. The van der Waals surface area contributed by atoms with E-state index < -0.39 is 17.7 Å². The Morgan fingerprint density at radius 1 is 1.12 bits per heavy atom. The van der Waals surface area contributed by atoms with Crippen LogP contribution in [0.3, 0.4) is 0 Å². The first kappa shape index (κ1) is 18.5. The van der Waals surface area contributed by atoms with Crippen molar-refractivity contribution in [1.82, 2.24) is 5.32 Å². The average molecular weight is 476 g/mol. The van der Waals surface area contributed by atoms with Gasteiger partial charge in [-0.3, -0.25) is 10.1 Å². The lowest BCUT2D eigenvalue weighted by atomic mass is 10.2. The van der Waals surface area contributed by atoms with Crippen LogP contribution in [0.2, 0.25) is 0 Å². The molecule has 0 aliphatic heterocycles. The summed E-state index contributed by atoms with van der Waals surface area (Å²) in [5, 5.41) is 14.0. The Bertz CT molecular complexity index is 845. The summed E-state index contributed by atoms with van der Waals surface area (Å²) in [5.41, 5.74) is -0.0572. The fraction of sp³-hybridized carbons (Fsp3) is 0. The largest absolute Gasteiger partial charge is 0.478 e. The zero-order chi connectivity index (χ0) is 17.9. The van der Waals surface area contributed by atoms with E-state index in [1.165, 1.54) is 24.3 Å². The molecule has 0 saturated carbocycles. The van der Waals surface area contributed by atoms with Gasteiger partial charge in [0.15, 0.2) is 5.11 Å². The maximum absolute atomic E-state index is 13.6. The molecule has 0 bridgehead atoms. The average Bonchev–Trinajstić information content (AvgIpc) is 2.49. The normalized spacial score (nSPS) is 10.1. The maximum Gasteiger partial charge on any atom is 0.337 e. The Balaban J connectivity index is 2.20. The van der Waals surface area contributed by atoms with Crippen LogP contribution in [0, 0.1) is 5.82 Å². The van der Waals surface area contributed by atoms with Gasteiger partial charge in [0.2, 0.25) is 0 Å². The summed E-state index contributed by atoms with van der Waals surface area (Å²) in [6, 6.07) is 8.45. The molecule has 1 amide bonds. The molecule has 5 nitrogen and oxygen atoms in total. The van der Waals surface area contributed by atoms with Gasteiger partial charge < -0.3 is 10.4 Å². The van der Waals surface area contributed by atoms with E-state index in [1.807, 2.05) is 0 Å². The highest BCUT2D eigenvalue weighted by Gasteiger charge is 2.17. The van der Waals surface area contributed by atoms with Crippen LogP contribution in [0.25, 0.3) is 0 Å². The fourth-order valence-corrected chi connectivity index (χ4v) is 3.35. The zero-order valence-electron chi connectivity index (χ0n) is 11.8. The number of rotatable bonds is 3. The molecule has 0 fully saturated rings. The summed E-state index contributed by atoms with van der Waals surface area (Å²) in [6.07, 6.45) is 0. The number of carbonyl (C=O) groups is 2. The second-order valence-electron chi connectivity index (χ2n) is 4.50. The number of carbonyl (C=O) groups excluding carboxylic acids is 1. The van der Waals surface area contributed by atoms with E-state index >= 15 is 0 Å². The lowest BCUT2D eigenvalue weighted by Gasteiger charge is -2.14. The molecule has 0 spiro atoms. The molecule has 3 N–H and O–H groups in total. The van der Waals surface area contributed by atoms with Crippen LogP contribution in [0.5, 0.6) is 0 Å². The lowest BCUT2D eigenvalue weighted by Crippen LogP contribution is -2.35. The van der Waals surface area contributed by atoms with Crippen molar-refractivity contribution in [3.63, 3.8) is 0 Å². The van der Waals surface area contributed by atoms with Crippen molar-refractivity contribution < 1.29 is 19.1 Å². The monoisotopic (exact) mass is 474 g/mol. The first-order chi connectivity index (χ1) is 11.3. The minimum atomic E-state index is -1.18. The van der Waals surface area contributed by atoms with Gasteiger partial charge in [-0.25, -0.2) is 9.18 Å². The predicted octanol–water partition coefficient (Wildman–Crippen LogP) is 4.18. The molecular formula is C15H9Br2FN2O3S. The van der Waals surface area contributed by atoms with Crippen molar-refractivity contribution in [2.45, 2.75) is 0 Å². The third-order valence-corrected chi connectivity index (χ3v) is 4.16. The standard InChI is InChI=1S/C15H9Br2FN2O3S/c16-7-5-9(14(22)23)12(10(17)6-7)19-15(24)20-13(21)8-3-1-2-4-11(8)18/h1-6H,(H,22,23)(H2,19,20,21,24). The fourth-order valence-electron chi connectivity index (χ4n) is 1.83. The molecule has 0 unspecified atom stereocenters. The Morgan fingerprint density at radius 3 is 2.42 bits per heavy atom. The number of amides is 1. The Kier molecular flexibility index (Phi) is 6.03. The molecule has 2 aromatic rings. The maximum atomic E-state index is 13.6. The van der Waals surface area contributed by atoms with Crippen molar-refractivity contribution in [2.24, 2.45) is 0 Å². The van der Waals surface area contributed by atoms with Crippen LogP contribution in [0.15, 0.2) is 45.3 Å². The van der Waals surface area contributed by atoms with Crippen molar-refractivity contribution >= 4 is 66.8 Å². The molecule has 0 atom stereocenters. The van der Waals surface area contributed by atoms with Crippen molar-refractivity contribution in [2.75, 3.05) is 5.32 Å². The van der Waals surface area contributed by atoms with Crippen LogP contribution in [-0.2, 0) is 0 Å². The van der Waals surface area contributed by atoms with Crippen LogP contribution in [-0.4, -0.2) is 22.1 Å². The Labute approximate surface area is 158 Å². The van der Waals surface area contributed by atoms with E-state index in [0.29, 0.717) is 8.95 Å². The minimum Gasteiger partial charge on any atom is -0.478 e. The highest BCUT2D eigenvalue weighted by Crippen LogP contribution is 2.30. The molecule has 0 aromatic heterocycles. The molecule has 0 radical (unpaired) electrons. The molecule has 2 rings (SSSR count). The highest BCUT2D eigenvalue weighted by molar-refractivity contribution is 9.11. The quantitative estimate of drug-likeness (QED) is 0.580. The van der Waals surface area contributed by atoms with E-state index in [0.717, 1.165) is 6.07 Å². The smallest absolute Gasteiger partial charge is 0.337 e. The third kappa shape index (κ3) is 4.37. The number of hydrogen-bond donors (Lipinski definition) is 3. The van der Waals surface area contributed by atoms with Gasteiger partial charge >= 0.3 is 5.97 Å². The molecule has 9 heteroatoms. The molecule has 0 aliphatic rings. The first-order valence-corrected chi connectivity index (χ1v) is 8.38. The molecule has 24 heavy (non-hydrogen) atoms. The summed E-state index contributed by atoms with van der Waals surface area (Å²) in [4.78, 5) is 23.3. The second-order valence-corrected chi connectivity index (χ2v) is 6.68. The topological polar surface area (TPSA) is 78.4 Å². The van der Waals surface area contributed by atoms with Crippen LogP contribution < -0.4 is 10.6 Å². The number of halogens is 3. The number of carboxylic acids is 1. The highest BCUT2D eigenvalue weighted by atomic mass is 79.9. The number of anilines is 1. The summed E-state index contributed by atoms with van der Waals surface area (Å²) < 4.78 is 14.6. The summed E-state index contributed by atoms with van der Waals surface area (Å²) in [6.45, 7) is 0. The van der Waals surface area contributed by atoms with Gasteiger partial charge in [0.05, 0.1) is 16.8 Å². The molecule has 2 aromatic carbocycles. The summed E-state index contributed by atoms with van der Waals surface area (Å²) in [7, 11) is 0. The SMILES string of the molecule is O=C(NC(=S)Nc1c(Br)cc(Br)cc1C(=O)O)c1ccccc1F. The first-order valence-electron chi connectivity index (χ1n) is 6.38. The van der Waals surface area contributed by atoms with Crippen LogP contribution in [0.1, 0.15) is 20.7 Å². The van der Waals surface area contributed by atoms with Gasteiger partial charge in [0.25, 0.3) is 5.91 Å². The van der Waals surface area contributed by atoms with Crippen molar-refractivity contribution in [1.29, 1.82) is 0 Å². The van der Waals surface area contributed by atoms with Gasteiger partial charge in [0.1, 0.15) is 5.82 Å². The van der Waals surface area contributed by atoms with E-state index in [4.69, 9.17) is 12.2 Å². The Morgan fingerprint density at radius 2 is 1.79 bits per heavy atom. The number of thiocarbonyl (C=S) groups is 1. The van der Waals surface area contributed by atoms with E-state index in [9.17, 15) is 19.1 Å². The number of carboxylic acid groups (broad SMARTS) is 1. The Hall–Kier alpha value is -1.84. The molecule has 0 heterocycles. The summed E-state index contributed by atoms with van der Waals surface area (Å²) >= 11 is 11.4. The second kappa shape index (κ2) is 7.82. The number of benzene rings is 2. The van der Waals surface area contributed by atoms with Crippen molar-refractivity contribution in [3.8, 4) is 0 Å². The molecule has 0 aliphatic carbocycles. The number of nitrogens with one attached hydrogen (secondary N) is 2.